The van der Waals surface area contributed by atoms with Gasteiger partial charge in [-0.25, -0.2) is 0 Å². The monoisotopic (exact) mass is 439 g/mol. The molecule has 2 fully saturated rings. The molecule has 2 aromatic carbocycles. The third-order valence-electron chi connectivity index (χ3n) is 6.03. The molecule has 0 N–H and O–H groups in total. The summed E-state index contributed by atoms with van der Waals surface area (Å²) < 4.78 is 16.2. The van der Waals surface area contributed by atoms with Crippen molar-refractivity contribution in [1.29, 1.82) is 0 Å². The van der Waals surface area contributed by atoms with Crippen LogP contribution in [0.2, 0.25) is 0 Å². The predicted octanol–water partition coefficient (Wildman–Crippen LogP) is 1.78. The molecule has 0 spiro atoms. The van der Waals surface area contributed by atoms with Crippen LogP contribution in [0.4, 0.5) is 5.69 Å². The molecule has 2 saturated heterocycles. The number of nitrogens with zero attached hydrogens (tertiary/aromatic N) is 3. The van der Waals surface area contributed by atoms with Gasteiger partial charge in [-0.1, -0.05) is 18.2 Å². The number of carbonyl (C=O) groups is 2. The minimum Gasteiger partial charge on any atom is -0.497 e. The van der Waals surface area contributed by atoms with Crippen LogP contribution in [0.15, 0.2) is 48.5 Å². The minimum atomic E-state index is -0.647. The summed E-state index contributed by atoms with van der Waals surface area (Å²) in [5.41, 5.74) is 1.97. The highest BCUT2D eigenvalue weighted by molar-refractivity contribution is 5.89. The molecule has 0 bridgehead atoms. The Hall–Kier alpha value is -3.26. The van der Waals surface area contributed by atoms with Crippen LogP contribution in [0.25, 0.3) is 0 Å². The lowest BCUT2D eigenvalue weighted by Crippen LogP contribution is -2.59. The molecular formula is C24H29N3O5. The van der Waals surface area contributed by atoms with Crippen molar-refractivity contribution in [2.75, 3.05) is 58.5 Å². The zero-order chi connectivity index (χ0) is 22.5. The van der Waals surface area contributed by atoms with Gasteiger partial charge in [0.2, 0.25) is 11.8 Å². The summed E-state index contributed by atoms with van der Waals surface area (Å²) in [6.45, 7) is 3.17. The Morgan fingerprint density at radius 1 is 1.03 bits per heavy atom. The van der Waals surface area contributed by atoms with Crippen LogP contribution < -0.4 is 14.4 Å². The number of rotatable bonds is 6. The molecule has 4 rings (SSSR count). The van der Waals surface area contributed by atoms with Gasteiger partial charge in [-0.15, -0.1) is 0 Å². The molecule has 8 heteroatoms. The molecule has 2 aliphatic heterocycles. The van der Waals surface area contributed by atoms with Crippen molar-refractivity contribution in [3.8, 4) is 11.5 Å². The lowest BCUT2D eigenvalue weighted by atomic mass is 10.1. The molecule has 0 aromatic heterocycles. The van der Waals surface area contributed by atoms with Crippen LogP contribution in [0.5, 0.6) is 11.5 Å². The number of para-hydroxylation sites is 1. The standard InChI is InChI=1S/C24H29N3O5/c1-30-20-9-8-18(22(14-20)31-2)15-27-21(16-32-17-23(27)28)24(29)26-12-10-25(11-13-26)19-6-4-3-5-7-19/h3-9,14,21H,10-13,15-17H2,1-2H3/t21-/m0/s1. The number of hydrogen-bond acceptors (Lipinski definition) is 6. The third kappa shape index (κ3) is 4.65. The van der Waals surface area contributed by atoms with Crippen molar-refractivity contribution < 1.29 is 23.8 Å². The van der Waals surface area contributed by atoms with Crippen molar-refractivity contribution in [2.45, 2.75) is 12.6 Å². The molecule has 170 valence electrons. The first-order chi connectivity index (χ1) is 15.6. The van der Waals surface area contributed by atoms with Crippen molar-refractivity contribution >= 4 is 17.5 Å². The average Bonchev–Trinajstić information content (AvgIpc) is 2.85. The van der Waals surface area contributed by atoms with E-state index in [2.05, 4.69) is 17.0 Å². The van der Waals surface area contributed by atoms with Gasteiger partial charge in [-0.3, -0.25) is 9.59 Å². The van der Waals surface area contributed by atoms with E-state index in [-0.39, 0.29) is 31.6 Å². The first kappa shape index (κ1) is 22.0. The van der Waals surface area contributed by atoms with E-state index in [9.17, 15) is 9.59 Å². The molecule has 1 atom stereocenters. The molecule has 2 aromatic rings. The second-order valence-electron chi connectivity index (χ2n) is 7.88. The topological polar surface area (TPSA) is 71.5 Å². The van der Waals surface area contributed by atoms with Crippen molar-refractivity contribution in [1.82, 2.24) is 9.80 Å². The summed E-state index contributed by atoms with van der Waals surface area (Å²) in [6, 6.07) is 15.0. The second kappa shape index (κ2) is 9.91. The van der Waals surface area contributed by atoms with Crippen LogP contribution in [0.3, 0.4) is 0 Å². The van der Waals surface area contributed by atoms with E-state index in [1.165, 1.54) is 0 Å². The highest BCUT2D eigenvalue weighted by atomic mass is 16.5. The van der Waals surface area contributed by atoms with Crippen molar-refractivity contribution in [3.05, 3.63) is 54.1 Å². The molecule has 32 heavy (non-hydrogen) atoms. The quantitative estimate of drug-likeness (QED) is 0.683. The minimum absolute atomic E-state index is 0.0238. The molecule has 0 saturated carbocycles. The molecule has 8 nitrogen and oxygen atoms in total. The van der Waals surface area contributed by atoms with E-state index in [0.29, 0.717) is 24.6 Å². The normalized spacial score (nSPS) is 19.1. The van der Waals surface area contributed by atoms with Crippen molar-refractivity contribution in [3.63, 3.8) is 0 Å². The number of anilines is 1. The number of methoxy groups -OCH3 is 2. The lowest BCUT2D eigenvalue weighted by Gasteiger charge is -2.41. The number of morpholine rings is 1. The number of piperazine rings is 1. The van der Waals surface area contributed by atoms with Crippen LogP contribution in [0, 0.1) is 0 Å². The third-order valence-corrected chi connectivity index (χ3v) is 6.03. The Balaban J connectivity index is 1.46. The van der Waals surface area contributed by atoms with Gasteiger partial charge in [0, 0.05) is 43.5 Å². The number of hydrogen-bond donors (Lipinski definition) is 0. The Morgan fingerprint density at radius 2 is 1.78 bits per heavy atom. The van der Waals surface area contributed by atoms with Crippen LogP contribution in [-0.4, -0.2) is 81.3 Å². The van der Waals surface area contributed by atoms with Gasteiger partial charge in [0.05, 0.1) is 27.4 Å². The summed E-state index contributed by atoms with van der Waals surface area (Å²) in [5.74, 6) is 1.02. The maximum absolute atomic E-state index is 13.4. The number of ether oxygens (including phenoxy) is 3. The predicted molar refractivity (Wildman–Crippen MR) is 120 cm³/mol. The zero-order valence-electron chi connectivity index (χ0n) is 18.5. The van der Waals surface area contributed by atoms with E-state index in [0.717, 1.165) is 24.3 Å². The number of benzene rings is 2. The van der Waals surface area contributed by atoms with Gasteiger partial charge in [0.1, 0.15) is 24.1 Å². The maximum Gasteiger partial charge on any atom is 0.249 e. The molecule has 0 unspecified atom stereocenters. The molecular weight excluding hydrogens is 410 g/mol. The summed E-state index contributed by atoms with van der Waals surface area (Å²) in [6.07, 6.45) is 0. The highest BCUT2D eigenvalue weighted by Crippen LogP contribution is 2.27. The summed E-state index contributed by atoms with van der Waals surface area (Å²) in [5, 5.41) is 0. The molecule has 2 heterocycles. The molecule has 2 aliphatic rings. The van der Waals surface area contributed by atoms with Gasteiger partial charge in [-0.2, -0.15) is 0 Å². The summed E-state index contributed by atoms with van der Waals surface area (Å²) in [4.78, 5) is 31.8. The van der Waals surface area contributed by atoms with Gasteiger partial charge in [0.25, 0.3) is 0 Å². The van der Waals surface area contributed by atoms with Gasteiger partial charge >= 0.3 is 0 Å². The molecule has 0 radical (unpaired) electrons. The Morgan fingerprint density at radius 3 is 2.47 bits per heavy atom. The zero-order valence-corrected chi connectivity index (χ0v) is 18.5. The molecule has 0 aliphatic carbocycles. The number of amides is 2. The maximum atomic E-state index is 13.4. The SMILES string of the molecule is COc1ccc(CN2C(=O)COC[C@H]2C(=O)N2CCN(c3ccccc3)CC2)c(OC)c1. The van der Waals surface area contributed by atoms with Crippen LogP contribution in [-0.2, 0) is 20.9 Å². The van der Waals surface area contributed by atoms with Gasteiger partial charge in [-0.05, 0) is 24.3 Å². The Kier molecular flexibility index (Phi) is 6.80. The lowest BCUT2D eigenvalue weighted by molar-refractivity contribution is -0.160. The van der Waals surface area contributed by atoms with E-state index in [1.807, 2.05) is 35.2 Å². The van der Waals surface area contributed by atoms with E-state index < -0.39 is 6.04 Å². The Bertz CT molecular complexity index is 944. The molecule has 2 amide bonds. The van der Waals surface area contributed by atoms with E-state index in [1.54, 1.807) is 25.2 Å². The summed E-state index contributed by atoms with van der Waals surface area (Å²) in [7, 11) is 3.17. The largest absolute Gasteiger partial charge is 0.497 e. The Labute approximate surface area is 188 Å². The van der Waals surface area contributed by atoms with Gasteiger partial charge < -0.3 is 28.9 Å². The second-order valence-corrected chi connectivity index (χ2v) is 7.88. The first-order valence-corrected chi connectivity index (χ1v) is 10.8. The smallest absolute Gasteiger partial charge is 0.249 e. The highest BCUT2D eigenvalue weighted by Gasteiger charge is 2.37. The average molecular weight is 440 g/mol. The van der Waals surface area contributed by atoms with E-state index >= 15 is 0 Å². The number of carbonyl (C=O) groups excluding carboxylic acids is 2. The van der Waals surface area contributed by atoms with Crippen LogP contribution in [0.1, 0.15) is 5.56 Å². The van der Waals surface area contributed by atoms with Crippen LogP contribution >= 0.6 is 0 Å². The van der Waals surface area contributed by atoms with Crippen molar-refractivity contribution in [2.24, 2.45) is 0 Å². The van der Waals surface area contributed by atoms with Gasteiger partial charge in [0.15, 0.2) is 0 Å². The van der Waals surface area contributed by atoms with E-state index in [4.69, 9.17) is 14.2 Å². The fraction of sp³-hybridized carbons (Fsp3) is 0.417. The first-order valence-electron chi connectivity index (χ1n) is 10.8. The fourth-order valence-electron chi connectivity index (χ4n) is 4.21. The summed E-state index contributed by atoms with van der Waals surface area (Å²) >= 11 is 0. The fourth-order valence-corrected chi connectivity index (χ4v) is 4.21.